The first kappa shape index (κ1) is 70.3. The van der Waals surface area contributed by atoms with Gasteiger partial charge < -0.3 is 14.2 Å². The number of hydrogen-bond acceptors (Lipinski definition) is 6. The van der Waals surface area contributed by atoms with E-state index in [1.165, 1.54) is 89.9 Å². The van der Waals surface area contributed by atoms with Gasteiger partial charge in [-0.2, -0.15) is 0 Å². The SMILES string of the molecule is CC/C=C\C/C=C\C/C=C\C/C=C\C/C=C\C/C=C\C/C=C\CCCCCC(=O)OCC(COC(=O)C/C=C\C/C=C\C/C=C\C/C=C\C/C=C\CC)OC(=O)CCCCCCCCCCCCCCCCCCC. The minimum atomic E-state index is -0.837. The number of carbonyl (C=O) groups is 3. The van der Waals surface area contributed by atoms with Crippen molar-refractivity contribution in [2.24, 2.45) is 0 Å². The lowest BCUT2D eigenvalue weighted by molar-refractivity contribution is -0.166. The number of unbranched alkanes of at least 4 members (excludes halogenated alkanes) is 19. The molecule has 0 bridgehead atoms. The van der Waals surface area contributed by atoms with E-state index in [2.05, 4.69) is 154 Å². The summed E-state index contributed by atoms with van der Waals surface area (Å²) in [6.45, 7) is 6.30. The third-order valence-electron chi connectivity index (χ3n) is 12.4. The highest BCUT2D eigenvalue weighted by Gasteiger charge is 2.19. The maximum Gasteiger partial charge on any atom is 0.309 e. The monoisotopic (exact) mass is 1030 g/mol. The zero-order valence-electron chi connectivity index (χ0n) is 48.3. The quantitative estimate of drug-likeness (QED) is 0.0261. The van der Waals surface area contributed by atoms with Gasteiger partial charge in [0.15, 0.2) is 6.10 Å². The van der Waals surface area contributed by atoms with E-state index >= 15 is 0 Å². The van der Waals surface area contributed by atoms with Crippen molar-refractivity contribution in [3.63, 3.8) is 0 Å². The summed E-state index contributed by atoms with van der Waals surface area (Å²) in [6, 6.07) is 0. The van der Waals surface area contributed by atoms with Crippen molar-refractivity contribution in [1.29, 1.82) is 0 Å². The highest BCUT2D eigenvalue weighted by Crippen LogP contribution is 2.15. The lowest BCUT2D eigenvalue weighted by atomic mass is 10.0. The van der Waals surface area contributed by atoms with Crippen molar-refractivity contribution in [2.45, 2.75) is 258 Å². The van der Waals surface area contributed by atoms with Crippen molar-refractivity contribution < 1.29 is 28.6 Å². The molecule has 0 aliphatic carbocycles. The molecule has 75 heavy (non-hydrogen) atoms. The second-order valence-electron chi connectivity index (χ2n) is 19.5. The molecule has 0 heterocycles. The van der Waals surface area contributed by atoms with E-state index < -0.39 is 12.1 Å². The Balaban J connectivity index is 4.52. The van der Waals surface area contributed by atoms with E-state index in [9.17, 15) is 14.4 Å². The summed E-state index contributed by atoms with van der Waals surface area (Å²) in [5, 5.41) is 0. The van der Waals surface area contributed by atoms with Gasteiger partial charge in [0.2, 0.25) is 0 Å². The fourth-order valence-corrected chi connectivity index (χ4v) is 7.91. The topological polar surface area (TPSA) is 78.9 Å². The Hall–Kier alpha value is -4.71. The summed E-state index contributed by atoms with van der Waals surface area (Å²) < 4.78 is 16.8. The van der Waals surface area contributed by atoms with Crippen LogP contribution in [-0.2, 0) is 28.6 Å². The number of ether oxygens (including phenoxy) is 3. The fourth-order valence-electron chi connectivity index (χ4n) is 7.91. The summed E-state index contributed by atoms with van der Waals surface area (Å²) in [7, 11) is 0. The lowest BCUT2D eigenvalue weighted by Crippen LogP contribution is -2.30. The zero-order chi connectivity index (χ0) is 54.3. The number of hydrogen-bond donors (Lipinski definition) is 0. The maximum atomic E-state index is 12.9. The smallest absolute Gasteiger partial charge is 0.309 e. The largest absolute Gasteiger partial charge is 0.462 e. The predicted molar refractivity (Wildman–Crippen MR) is 325 cm³/mol. The Morgan fingerprint density at radius 1 is 0.293 bits per heavy atom. The van der Waals surface area contributed by atoms with Gasteiger partial charge >= 0.3 is 17.9 Å². The maximum absolute atomic E-state index is 12.9. The molecule has 1 unspecified atom stereocenters. The van der Waals surface area contributed by atoms with Crippen LogP contribution < -0.4 is 0 Å². The van der Waals surface area contributed by atoms with Gasteiger partial charge in [0.1, 0.15) is 13.2 Å². The van der Waals surface area contributed by atoms with E-state index in [0.717, 1.165) is 122 Å². The zero-order valence-corrected chi connectivity index (χ0v) is 48.3. The Labute approximate surface area is 461 Å². The third-order valence-corrected chi connectivity index (χ3v) is 12.4. The van der Waals surface area contributed by atoms with Gasteiger partial charge in [-0.15, -0.1) is 0 Å². The Morgan fingerprint density at radius 3 is 0.933 bits per heavy atom. The van der Waals surface area contributed by atoms with Crippen LogP contribution in [0.1, 0.15) is 252 Å². The first-order valence-electron chi connectivity index (χ1n) is 30.3. The van der Waals surface area contributed by atoms with Gasteiger partial charge in [-0.1, -0.05) is 276 Å². The van der Waals surface area contributed by atoms with Crippen molar-refractivity contribution >= 4 is 17.9 Å². The molecule has 1 atom stereocenters. The molecule has 0 amide bonds. The van der Waals surface area contributed by atoms with Crippen LogP contribution in [0.5, 0.6) is 0 Å². The molecule has 0 saturated heterocycles. The predicted octanol–water partition coefficient (Wildman–Crippen LogP) is 20.8. The highest BCUT2D eigenvalue weighted by molar-refractivity contribution is 5.72. The molecule has 0 aromatic rings. The molecule has 0 rings (SSSR count). The first-order valence-corrected chi connectivity index (χ1v) is 30.3. The summed E-state index contributed by atoms with van der Waals surface area (Å²) in [5.41, 5.74) is 0. The molecule has 422 valence electrons. The van der Waals surface area contributed by atoms with E-state index in [1.54, 1.807) is 6.08 Å². The van der Waals surface area contributed by atoms with E-state index in [-0.39, 0.29) is 31.6 Å². The molecule has 0 saturated carbocycles. The summed E-state index contributed by atoms with van der Waals surface area (Å²) in [6.07, 6.45) is 88.7. The van der Waals surface area contributed by atoms with Crippen molar-refractivity contribution in [2.75, 3.05) is 13.2 Å². The molecule has 6 heteroatoms. The van der Waals surface area contributed by atoms with Crippen molar-refractivity contribution in [1.82, 2.24) is 0 Å². The van der Waals surface area contributed by atoms with Gasteiger partial charge in [0, 0.05) is 12.8 Å². The van der Waals surface area contributed by atoms with Crippen molar-refractivity contribution in [3.8, 4) is 0 Å². The molecule has 0 aliphatic rings. The molecule has 0 aliphatic heterocycles. The summed E-state index contributed by atoms with van der Waals surface area (Å²) in [4.78, 5) is 38.2. The van der Waals surface area contributed by atoms with Crippen LogP contribution in [0, 0.1) is 0 Å². The van der Waals surface area contributed by atoms with Crippen LogP contribution in [-0.4, -0.2) is 37.2 Å². The molecule has 0 aromatic heterocycles. The Morgan fingerprint density at radius 2 is 0.573 bits per heavy atom. The highest BCUT2D eigenvalue weighted by atomic mass is 16.6. The Kier molecular flexibility index (Phi) is 58.0. The van der Waals surface area contributed by atoms with Crippen LogP contribution >= 0.6 is 0 Å². The summed E-state index contributed by atoms with van der Waals surface area (Å²) in [5.74, 6) is -1.09. The summed E-state index contributed by atoms with van der Waals surface area (Å²) >= 11 is 0. The minimum Gasteiger partial charge on any atom is -0.462 e. The van der Waals surface area contributed by atoms with Crippen LogP contribution in [0.25, 0.3) is 0 Å². The molecule has 0 radical (unpaired) electrons. The molecular weight excluding hydrogens is 925 g/mol. The molecule has 0 N–H and O–H groups in total. The number of carbonyl (C=O) groups excluding carboxylic acids is 3. The van der Waals surface area contributed by atoms with Crippen LogP contribution in [0.3, 0.4) is 0 Å². The van der Waals surface area contributed by atoms with E-state index in [1.807, 2.05) is 6.08 Å². The van der Waals surface area contributed by atoms with Crippen molar-refractivity contribution in [3.05, 3.63) is 146 Å². The Bertz CT molecular complexity index is 1660. The lowest BCUT2D eigenvalue weighted by Gasteiger charge is -2.18. The van der Waals surface area contributed by atoms with Gasteiger partial charge in [0.25, 0.3) is 0 Å². The second-order valence-corrected chi connectivity index (χ2v) is 19.5. The average molecular weight is 1040 g/mol. The van der Waals surface area contributed by atoms with Crippen LogP contribution in [0.2, 0.25) is 0 Å². The number of esters is 3. The molecule has 0 fully saturated rings. The first-order chi connectivity index (χ1) is 37.0. The standard InChI is InChI=1S/C69H110O6/c1-4-7-10-13-16-19-22-25-28-30-31-32-33-34-35-36-37-39-41-44-47-50-53-56-59-62-68(71)74-65-66(64-73-67(70)61-58-55-52-49-46-43-40-27-24-21-18-15-12-9-6-3)75-69(72)63-60-57-54-51-48-45-42-38-29-26-23-20-17-14-11-8-5-2/h7,9-10,12,16,18-19,21,25,27-28,31-32,34-35,37,39-40,44,46-47,49,55,58,66H,4-6,8,11,13-15,17,20,22-24,26,29-30,33,36,38,41-43,45,48,50-54,56-57,59-65H2,1-3H3/b10-7-,12-9-,19-16-,21-18-,28-25-,32-31-,35-34-,39-37-,40-27-,47-44-,49-46-,58-55-. The molecule has 6 nitrogen and oxygen atoms in total. The van der Waals surface area contributed by atoms with Gasteiger partial charge in [-0.3, -0.25) is 14.4 Å². The fraction of sp³-hybridized carbons (Fsp3) is 0.609. The molecule has 0 aromatic carbocycles. The van der Waals surface area contributed by atoms with Gasteiger partial charge in [0.05, 0.1) is 6.42 Å². The van der Waals surface area contributed by atoms with Crippen LogP contribution in [0.15, 0.2) is 146 Å². The average Bonchev–Trinajstić information content (AvgIpc) is 3.41. The normalized spacial score (nSPS) is 13.2. The second kappa shape index (κ2) is 61.8. The minimum absolute atomic E-state index is 0.116. The number of allylic oxidation sites excluding steroid dienone is 23. The third kappa shape index (κ3) is 60.0. The van der Waals surface area contributed by atoms with Crippen LogP contribution in [0.4, 0.5) is 0 Å². The van der Waals surface area contributed by atoms with Gasteiger partial charge in [-0.05, 0) is 103 Å². The molecule has 0 spiro atoms. The number of rotatable bonds is 53. The van der Waals surface area contributed by atoms with E-state index in [0.29, 0.717) is 12.8 Å². The van der Waals surface area contributed by atoms with Gasteiger partial charge in [-0.25, -0.2) is 0 Å². The van der Waals surface area contributed by atoms with E-state index in [4.69, 9.17) is 14.2 Å². The molecular formula is C69H110O6.